The maximum absolute atomic E-state index is 13.3. The number of hydrogen-bond acceptors (Lipinski definition) is 4. The van der Waals surface area contributed by atoms with Crippen molar-refractivity contribution in [3.05, 3.63) is 47.5 Å². The maximum atomic E-state index is 13.3. The Hall–Kier alpha value is -2.28. The molecule has 0 spiro atoms. The number of carbonyl (C=O) groups excluding carboxylic acids is 1. The van der Waals surface area contributed by atoms with Gasteiger partial charge >= 0.3 is 0 Å². The third-order valence-corrected chi connectivity index (χ3v) is 4.38. The van der Waals surface area contributed by atoms with Crippen molar-refractivity contribution in [1.82, 2.24) is 25.2 Å². The maximum Gasteiger partial charge on any atom is 0.273 e. The zero-order valence-corrected chi connectivity index (χ0v) is 13.8. The first-order chi connectivity index (χ1) is 11.6. The van der Waals surface area contributed by atoms with Gasteiger partial charge in [-0.25, -0.2) is 9.07 Å². The smallest absolute Gasteiger partial charge is 0.273 e. The van der Waals surface area contributed by atoms with E-state index < -0.39 is 0 Å². The summed E-state index contributed by atoms with van der Waals surface area (Å²) in [6, 6.07) is 6.15. The van der Waals surface area contributed by atoms with Crippen LogP contribution in [0.4, 0.5) is 4.39 Å². The number of rotatable bonds is 6. The minimum atomic E-state index is -0.292. The molecule has 6 nitrogen and oxygen atoms in total. The number of halogens is 1. The van der Waals surface area contributed by atoms with Crippen LogP contribution >= 0.6 is 0 Å². The average molecular weight is 331 g/mol. The Labute approximate surface area is 140 Å². The summed E-state index contributed by atoms with van der Waals surface area (Å²) in [5.74, 6) is -0.522. The molecule has 0 saturated carbocycles. The third kappa shape index (κ3) is 3.97. The summed E-state index contributed by atoms with van der Waals surface area (Å²) >= 11 is 0. The van der Waals surface area contributed by atoms with Crippen LogP contribution in [0, 0.1) is 5.82 Å². The largest absolute Gasteiger partial charge is 0.349 e. The van der Waals surface area contributed by atoms with Crippen molar-refractivity contribution >= 4 is 5.91 Å². The summed E-state index contributed by atoms with van der Waals surface area (Å²) in [6.45, 7) is 5.57. The predicted molar refractivity (Wildman–Crippen MR) is 88.2 cm³/mol. The summed E-state index contributed by atoms with van der Waals surface area (Å²) < 4.78 is 14.9. The van der Waals surface area contributed by atoms with Gasteiger partial charge in [0.1, 0.15) is 5.82 Å². The predicted octanol–water partition coefficient (Wildman–Crippen LogP) is 1.85. The Balaban J connectivity index is 1.56. The molecule has 0 unspecified atom stereocenters. The van der Waals surface area contributed by atoms with Gasteiger partial charge < -0.3 is 10.2 Å². The number of nitrogens with one attached hydrogen (secondary N) is 1. The molecule has 1 amide bonds. The van der Waals surface area contributed by atoms with Crippen LogP contribution in [-0.2, 0) is 0 Å². The second-order valence-corrected chi connectivity index (χ2v) is 6.12. The zero-order valence-electron chi connectivity index (χ0n) is 13.8. The van der Waals surface area contributed by atoms with Crippen LogP contribution in [0.2, 0.25) is 0 Å². The average Bonchev–Trinajstić information content (AvgIpc) is 3.26. The summed E-state index contributed by atoms with van der Waals surface area (Å²) in [7, 11) is 0. The molecular formula is C17H22FN5O. The third-order valence-electron chi connectivity index (χ3n) is 4.38. The van der Waals surface area contributed by atoms with Crippen LogP contribution in [0.15, 0.2) is 30.5 Å². The number of carbonyl (C=O) groups is 1. The monoisotopic (exact) mass is 331 g/mol. The van der Waals surface area contributed by atoms with Crippen molar-refractivity contribution in [2.75, 3.05) is 26.2 Å². The molecule has 3 rings (SSSR count). The van der Waals surface area contributed by atoms with E-state index >= 15 is 0 Å². The molecular weight excluding hydrogens is 309 g/mol. The quantitative estimate of drug-likeness (QED) is 0.877. The fourth-order valence-corrected chi connectivity index (χ4v) is 2.91. The fraction of sp³-hybridized carbons (Fsp3) is 0.471. The molecule has 2 aromatic rings. The Morgan fingerprint density at radius 1 is 1.38 bits per heavy atom. The first-order valence-electron chi connectivity index (χ1n) is 8.31. The topological polar surface area (TPSA) is 63.1 Å². The highest BCUT2D eigenvalue weighted by Gasteiger charge is 2.16. The molecule has 2 heterocycles. The number of amides is 1. The molecule has 1 saturated heterocycles. The van der Waals surface area contributed by atoms with E-state index in [1.807, 2.05) is 13.0 Å². The number of likely N-dealkylation sites (tertiary alicyclic amines) is 1. The van der Waals surface area contributed by atoms with Crippen LogP contribution < -0.4 is 5.32 Å². The van der Waals surface area contributed by atoms with Crippen molar-refractivity contribution in [3.8, 4) is 0 Å². The standard InChI is InChI=1S/C17H22FN5O/c1-13(14-5-4-6-15(18)11-14)23-12-16(20-21-23)17(24)19-7-10-22-8-2-3-9-22/h4-6,11-13H,2-3,7-10H2,1H3,(H,19,24)/t13-/m0/s1. The highest BCUT2D eigenvalue weighted by molar-refractivity contribution is 5.91. The molecule has 7 heteroatoms. The van der Waals surface area contributed by atoms with E-state index in [-0.39, 0.29) is 23.5 Å². The van der Waals surface area contributed by atoms with Gasteiger partial charge in [0, 0.05) is 13.1 Å². The fourth-order valence-electron chi connectivity index (χ4n) is 2.91. The van der Waals surface area contributed by atoms with Crippen molar-refractivity contribution in [2.45, 2.75) is 25.8 Å². The SMILES string of the molecule is C[C@@H](c1cccc(F)c1)n1cc(C(=O)NCCN2CCCC2)nn1. The van der Waals surface area contributed by atoms with Gasteiger partial charge in [0.15, 0.2) is 5.69 Å². The molecule has 1 atom stereocenters. The van der Waals surface area contributed by atoms with Gasteiger partial charge in [0.05, 0.1) is 12.2 Å². The van der Waals surface area contributed by atoms with Crippen molar-refractivity contribution in [1.29, 1.82) is 0 Å². The van der Waals surface area contributed by atoms with E-state index in [0.29, 0.717) is 6.54 Å². The van der Waals surface area contributed by atoms with E-state index in [1.165, 1.54) is 25.0 Å². The van der Waals surface area contributed by atoms with Crippen LogP contribution in [0.5, 0.6) is 0 Å². The molecule has 1 aliphatic rings. The second-order valence-electron chi connectivity index (χ2n) is 6.12. The lowest BCUT2D eigenvalue weighted by Gasteiger charge is -2.14. The lowest BCUT2D eigenvalue weighted by molar-refractivity contribution is 0.0944. The van der Waals surface area contributed by atoms with E-state index in [2.05, 4.69) is 20.5 Å². The number of nitrogens with zero attached hydrogens (tertiary/aromatic N) is 4. The summed E-state index contributed by atoms with van der Waals surface area (Å²) in [5, 5.41) is 10.8. The lowest BCUT2D eigenvalue weighted by Crippen LogP contribution is -2.33. The second kappa shape index (κ2) is 7.53. The normalized spacial score (nSPS) is 16.2. The summed E-state index contributed by atoms with van der Waals surface area (Å²) in [6.07, 6.45) is 4.07. The van der Waals surface area contributed by atoms with E-state index in [0.717, 1.165) is 25.2 Å². The van der Waals surface area contributed by atoms with Crippen LogP contribution in [0.3, 0.4) is 0 Å². The summed E-state index contributed by atoms with van der Waals surface area (Å²) in [4.78, 5) is 14.5. The van der Waals surface area contributed by atoms with Crippen molar-refractivity contribution in [3.63, 3.8) is 0 Å². The Bertz CT molecular complexity index is 696. The minimum absolute atomic E-state index is 0.195. The highest BCUT2D eigenvalue weighted by Crippen LogP contribution is 2.17. The molecule has 1 aliphatic heterocycles. The first kappa shape index (κ1) is 16.6. The molecule has 0 aliphatic carbocycles. The molecule has 1 N–H and O–H groups in total. The van der Waals surface area contributed by atoms with Gasteiger partial charge in [-0.3, -0.25) is 4.79 Å². The van der Waals surface area contributed by atoms with Gasteiger partial charge in [-0.2, -0.15) is 0 Å². The minimum Gasteiger partial charge on any atom is -0.349 e. The Morgan fingerprint density at radius 2 is 2.17 bits per heavy atom. The molecule has 24 heavy (non-hydrogen) atoms. The molecule has 1 fully saturated rings. The van der Waals surface area contributed by atoms with E-state index in [4.69, 9.17) is 0 Å². The summed E-state index contributed by atoms with van der Waals surface area (Å²) in [5.41, 5.74) is 1.06. The van der Waals surface area contributed by atoms with Gasteiger partial charge in [0.25, 0.3) is 5.91 Å². The van der Waals surface area contributed by atoms with Crippen LogP contribution in [0.25, 0.3) is 0 Å². The Kier molecular flexibility index (Phi) is 5.20. The van der Waals surface area contributed by atoms with Gasteiger partial charge in [-0.1, -0.05) is 17.3 Å². The van der Waals surface area contributed by atoms with E-state index in [1.54, 1.807) is 16.9 Å². The molecule has 0 radical (unpaired) electrons. The van der Waals surface area contributed by atoms with Gasteiger partial charge in [0.2, 0.25) is 0 Å². The van der Waals surface area contributed by atoms with Gasteiger partial charge in [-0.15, -0.1) is 5.10 Å². The highest BCUT2D eigenvalue weighted by atomic mass is 19.1. The van der Waals surface area contributed by atoms with E-state index in [9.17, 15) is 9.18 Å². The van der Waals surface area contributed by atoms with Crippen molar-refractivity contribution < 1.29 is 9.18 Å². The number of benzene rings is 1. The Morgan fingerprint density at radius 3 is 2.92 bits per heavy atom. The van der Waals surface area contributed by atoms with Crippen LogP contribution in [-0.4, -0.2) is 52.0 Å². The van der Waals surface area contributed by atoms with Crippen LogP contribution in [0.1, 0.15) is 41.9 Å². The number of hydrogen-bond donors (Lipinski definition) is 1. The lowest BCUT2D eigenvalue weighted by atomic mass is 10.1. The first-order valence-corrected chi connectivity index (χ1v) is 8.31. The molecule has 1 aromatic carbocycles. The zero-order chi connectivity index (χ0) is 16.9. The molecule has 1 aromatic heterocycles. The van der Waals surface area contributed by atoms with Gasteiger partial charge in [-0.05, 0) is 50.6 Å². The van der Waals surface area contributed by atoms with Crippen molar-refractivity contribution in [2.24, 2.45) is 0 Å². The molecule has 0 bridgehead atoms. The number of aromatic nitrogens is 3. The molecule has 128 valence electrons.